The topological polar surface area (TPSA) is 65.8 Å². The Labute approximate surface area is 129 Å². The lowest BCUT2D eigenvalue weighted by Crippen LogP contribution is -2.12. The van der Waals surface area contributed by atoms with E-state index in [-0.39, 0.29) is 20.9 Å². The fourth-order valence-electron chi connectivity index (χ4n) is 1.48. The molecule has 0 unspecified atom stereocenters. The predicted octanol–water partition coefficient (Wildman–Crippen LogP) is 4.17. The summed E-state index contributed by atoms with van der Waals surface area (Å²) in [5, 5.41) is 11.9. The number of amides is 1. The van der Waals surface area contributed by atoms with E-state index in [0.29, 0.717) is 11.3 Å². The van der Waals surface area contributed by atoms with Crippen LogP contribution < -0.4 is 5.32 Å². The summed E-state index contributed by atoms with van der Waals surface area (Å²) < 4.78 is 0. The quantitative estimate of drug-likeness (QED) is 0.842. The molecule has 0 fully saturated rings. The van der Waals surface area contributed by atoms with Crippen LogP contribution in [0.5, 0.6) is 0 Å². The highest BCUT2D eigenvalue weighted by Crippen LogP contribution is 2.24. The van der Waals surface area contributed by atoms with Crippen LogP contribution in [0.2, 0.25) is 15.3 Å². The Kier molecular flexibility index (Phi) is 4.46. The normalized spacial score (nSPS) is 9.90. The fraction of sp³-hybridized carbons (Fsp3) is 0. The van der Waals surface area contributed by atoms with Gasteiger partial charge in [-0.3, -0.25) is 4.79 Å². The van der Waals surface area contributed by atoms with Crippen LogP contribution >= 0.6 is 34.8 Å². The number of carbonyl (C=O) groups is 1. The first-order chi connectivity index (χ1) is 9.49. The van der Waals surface area contributed by atoms with Crippen LogP contribution in [0.3, 0.4) is 0 Å². The van der Waals surface area contributed by atoms with Gasteiger partial charge in [-0.25, -0.2) is 4.98 Å². The van der Waals surface area contributed by atoms with Gasteiger partial charge in [-0.2, -0.15) is 5.26 Å². The molecular weight excluding hydrogens is 321 g/mol. The molecule has 0 saturated heterocycles. The summed E-state index contributed by atoms with van der Waals surface area (Å²) in [6.07, 6.45) is 0. The van der Waals surface area contributed by atoms with E-state index in [0.717, 1.165) is 0 Å². The smallest absolute Gasteiger partial charge is 0.255 e. The molecule has 0 aliphatic rings. The van der Waals surface area contributed by atoms with E-state index in [2.05, 4.69) is 10.3 Å². The molecular formula is C13H6Cl3N3O. The van der Waals surface area contributed by atoms with E-state index in [9.17, 15) is 4.79 Å². The number of aromatic nitrogens is 1. The van der Waals surface area contributed by atoms with Crippen molar-refractivity contribution < 1.29 is 4.79 Å². The van der Waals surface area contributed by atoms with E-state index in [4.69, 9.17) is 40.1 Å². The van der Waals surface area contributed by atoms with E-state index >= 15 is 0 Å². The lowest BCUT2D eigenvalue weighted by Gasteiger charge is -2.08. The first-order valence-electron chi connectivity index (χ1n) is 5.33. The van der Waals surface area contributed by atoms with Crippen molar-refractivity contribution in [2.24, 2.45) is 0 Å². The predicted molar refractivity (Wildman–Crippen MR) is 78.4 cm³/mol. The van der Waals surface area contributed by atoms with Crippen molar-refractivity contribution in [2.45, 2.75) is 0 Å². The number of halogens is 3. The minimum Gasteiger partial charge on any atom is -0.321 e. The summed E-state index contributed by atoms with van der Waals surface area (Å²) in [6, 6.07) is 9.29. The van der Waals surface area contributed by atoms with Crippen molar-refractivity contribution in [3.8, 4) is 6.07 Å². The Morgan fingerprint density at radius 3 is 2.35 bits per heavy atom. The van der Waals surface area contributed by atoms with Gasteiger partial charge in [0, 0.05) is 5.56 Å². The van der Waals surface area contributed by atoms with Gasteiger partial charge >= 0.3 is 0 Å². The molecule has 0 aliphatic carbocycles. The number of pyridine rings is 1. The maximum absolute atomic E-state index is 12.0. The molecule has 0 atom stereocenters. The van der Waals surface area contributed by atoms with Crippen molar-refractivity contribution in [1.29, 1.82) is 5.26 Å². The number of hydrogen-bond donors (Lipinski definition) is 1. The van der Waals surface area contributed by atoms with Crippen LogP contribution in [0, 0.1) is 11.3 Å². The summed E-state index contributed by atoms with van der Waals surface area (Å²) in [4.78, 5) is 15.8. The molecule has 20 heavy (non-hydrogen) atoms. The molecule has 1 N–H and O–H groups in total. The van der Waals surface area contributed by atoms with Crippen LogP contribution in [0.25, 0.3) is 0 Å². The Bertz CT molecular complexity index is 705. The van der Waals surface area contributed by atoms with Gasteiger partial charge in [0.2, 0.25) is 0 Å². The molecule has 0 spiro atoms. The highest BCUT2D eigenvalue weighted by molar-refractivity contribution is 6.34. The molecule has 100 valence electrons. The van der Waals surface area contributed by atoms with Gasteiger partial charge in [-0.15, -0.1) is 0 Å². The van der Waals surface area contributed by atoms with Gasteiger partial charge in [0.1, 0.15) is 10.3 Å². The largest absolute Gasteiger partial charge is 0.321 e. The second-order valence-corrected chi connectivity index (χ2v) is 4.94. The minimum atomic E-state index is -0.428. The molecule has 1 aromatic carbocycles. The van der Waals surface area contributed by atoms with Gasteiger partial charge in [0.25, 0.3) is 5.91 Å². The second-order valence-electron chi connectivity index (χ2n) is 3.76. The fourth-order valence-corrected chi connectivity index (χ4v) is 2.16. The third kappa shape index (κ3) is 3.40. The van der Waals surface area contributed by atoms with Crippen molar-refractivity contribution in [1.82, 2.24) is 4.98 Å². The second kappa shape index (κ2) is 6.10. The SMILES string of the molecule is N#Cc1ccc(NC(=O)c2cc(Cl)nc(Cl)c2)c(Cl)c1. The summed E-state index contributed by atoms with van der Waals surface area (Å²) in [5.74, 6) is -0.428. The molecule has 1 heterocycles. The highest BCUT2D eigenvalue weighted by atomic mass is 35.5. The highest BCUT2D eigenvalue weighted by Gasteiger charge is 2.11. The number of anilines is 1. The third-order valence-corrected chi connectivity index (χ3v) is 3.07. The average molecular weight is 327 g/mol. The maximum atomic E-state index is 12.0. The molecule has 2 rings (SSSR count). The Morgan fingerprint density at radius 2 is 1.80 bits per heavy atom. The molecule has 4 nitrogen and oxygen atoms in total. The zero-order valence-electron chi connectivity index (χ0n) is 9.82. The third-order valence-electron chi connectivity index (χ3n) is 2.37. The summed E-state index contributed by atoms with van der Waals surface area (Å²) >= 11 is 17.4. The molecule has 0 bridgehead atoms. The van der Waals surface area contributed by atoms with Crippen LogP contribution in [0.1, 0.15) is 15.9 Å². The number of nitriles is 1. The van der Waals surface area contributed by atoms with E-state index in [1.54, 1.807) is 12.1 Å². The van der Waals surface area contributed by atoms with Crippen molar-refractivity contribution in [2.75, 3.05) is 5.32 Å². The van der Waals surface area contributed by atoms with E-state index in [1.807, 2.05) is 6.07 Å². The molecule has 2 aromatic rings. The maximum Gasteiger partial charge on any atom is 0.255 e. The van der Waals surface area contributed by atoms with Crippen LogP contribution in [-0.2, 0) is 0 Å². The number of carbonyl (C=O) groups excluding carboxylic acids is 1. The van der Waals surface area contributed by atoms with Gasteiger partial charge in [0.15, 0.2) is 0 Å². The van der Waals surface area contributed by atoms with Crippen LogP contribution in [0.15, 0.2) is 30.3 Å². The van der Waals surface area contributed by atoms with Crippen molar-refractivity contribution in [3.05, 3.63) is 56.8 Å². The van der Waals surface area contributed by atoms with E-state index in [1.165, 1.54) is 18.2 Å². The monoisotopic (exact) mass is 325 g/mol. The zero-order valence-corrected chi connectivity index (χ0v) is 12.1. The first-order valence-corrected chi connectivity index (χ1v) is 6.47. The average Bonchev–Trinajstić information content (AvgIpc) is 2.39. The number of nitrogens with one attached hydrogen (secondary N) is 1. The summed E-state index contributed by atoms with van der Waals surface area (Å²) in [5.41, 5.74) is 1.05. The lowest BCUT2D eigenvalue weighted by atomic mass is 10.2. The Hall–Kier alpha value is -1.80. The molecule has 0 radical (unpaired) electrons. The minimum absolute atomic E-state index is 0.119. The molecule has 0 aliphatic heterocycles. The van der Waals surface area contributed by atoms with Crippen molar-refractivity contribution >= 4 is 46.4 Å². The molecule has 7 heteroatoms. The Morgan fingerprint density at radius 1 is 1.15 bits per heavy atom. The van der Waals surface area contributed by atoms with Gasteiger partial charge < -0.3 is 5.32 Å². The van der Waals surface area contributed by atoms with Crippen molar-refractivity contribution in [3.63, 3.8) is 0 Å². The summed E-state index contributed by atoms with van der Waals surface area (Å²) in [7, 11) is 0. The molecule has 0 saturated carbocycles. The number of rotatable bonds is 2. The zero-order chi connectivity index (χ0) is 14.7. The van der Waals surface area contributed by atoms with Gasteiger partial charge in [0.05, 0.1) is 22.3 Å². The van der Waals surface area contributed by atoms with Gasteiger partial charge in [-0.1, -0.05) is 34.8 Å². The standard InChI is InChI=1S/C13H6Cl3N3O/c14-9-3-7(6-17)1-2-10(9)18-13(20)8-4-11(15)19-12(16)5-8/h1-5H,(H,18,20). The van der Waals surface area contributed by atoms with Gasteiger partial charge in [-0.05, 0) is 30.3 Å². The first kappa shape index (κ1) is 14.6. The van der Waals surface area contributed by atoms with Crippen LogP contribution in [-0.4, -0.2) is 10.9 Å². The lowest BCUT2D eigenvalue weighted by molar-refractivity contribution is 0.102. The van der Waals surface area contributed by atoms with E-state index < -0.39 is 5.91 Å². The number of benzene rings is 1. The Balaban J connectivity index is 2.26. The summed E-state index contributed by atoms with van der Waals surface area (Å²) in [6.45, 7) is 0. The van der Waals surface area contributed by atoms with Crippen LogP contribution in [0.4, 0.5) is 5.69 Å². The molecule has 1 amide bonds. The number of nitrogens with zero attached hydrogens (tertiary/aromatic N) is 2. The molecule has 1 aromatic heterocycles. The number of hydrogen-bond acceptors (Lipinski definition) is 3.